The first-order valence-electron chi connectivity index (χ1n) is 4.19. The molecule has 0 aromatic rings. The fraction of sp³-hybridized carbons (Fsp3) is 1.00. The molecule has 1 N–H and O–H groups in total. The molecule has 1 saturated heterocycles. The van der Waals surface area contributed by atoms with Crippen molar-refractivity contribution in [2.75, 3.05) is 40.0 Å². The van der Waals surface area contributed by atoms with Gasteiger partial charge in [0.1, 0.15) is 0 Å². The van der Waals surface area contributed by atoms with Crippen molar-refractivity contribution in [3.63, 3.8) is 0 Å². The molecule has 66 valence electrons. The maximum atomic E-state index is 8.67. The van der Waals surface area contributed by atoms with Gasteiger partial charge in [0, 0.05) is 20.2 Å². The van der Waals surface area contributed by atoms with Gasteiger partial charge in [-0.3, -0.25) is 0 Å². The van der Waals surface area contributed by atoms with Gasteiger partial charge in [-0.1, -0.05) is 0 Å². The van der Waals surface area contributed by atoms with E-state index in [4.69, 9.17) is 9.84 Å². The monoisotopic (exact) mass is 159 g/mol. The summed E-state index contributed by atoms with van der Waals surface area (Å²) < 4.78 is 5.06. The molecular weight excluding hydrogens is 142 g/mol. The first-order valence-corrected chi connectivity index (χ1v) is 4.19. The van der Waals surface area contributed by atoms with E-state index in [-0.39, 0.29) is 6.61 Å². The fourth-order valence-electron chi connectivity index (χ4n) is 1.63. The van der Waals surface area contributed by atoms with Gasteiger partial charge in [0.25, 0.3) is 0 Å². The standard InChI is InChI=1S/C8H17NO2/c1-11-7-8-2-3-9(6-8)4-5-10/h8,10H,2-7H2,1H3. The lowest BCUT2D eigenvalue weighted by atomic mass is 10.1. The van der Waals surface area contributed by atoms with Crippen LogP contribution in [-0.2, 0) is 4.74 Å². The lowest BCUT2D eigenvalue weighted by Crippen LogP contribution is -2.24. The van der Waals surface area contributed by atoms with Gasteiger partial charge in [0.15, 0.2) is 0 Å². The topological polar surface area (TPSA) is 32.7 Å². The second kappa shape index (κ2) is 4.70. The van der Waals surface area contributed by atoms with E-state index >= 15 is 0 Å². The second-order valence-electron chi connectivity index (χ2n) is 3.13. The summed E-state index contributed by atoms with van der Waals surface area (Å²) in [6.07, 6.45) is 1.22. The molecule has 1 rings (SSSR count). The number of β-amino-alcohol motifs (C(OH)–C–C–N with tert-alkyl or cyclic N) is 1. The van der Waals surface area contributed by atoms with Crippen molar-refractivity contribution in [2.45, 2.75) is 6.42 Å². The molecule has 1 unspecified atom stereocenters. The van der Waals surface area contributed by atoms with Crippen LogP contribution in [-0.4, -0.2) is 50.0 Å². The minimum atomic E-state index is 0.277. The Morgan fingerprint density at radius 3 is 3.09 bits per heavy atom. The predicted octanol–water partition coefficient (Wildman–Crippen LogP) is -0.0530. The zero-order valence-electron chi connectivity index (χ0n) is 7.12. The molecular formula is C8H17NO2. The summed E-state index contributed by atoms with van der Waals surface area (Å²) in [6, 6.07) is 0. The highest BCUT2D eigenvalue weighted by Crippen LogP contribution is 2.15. The Balaban J connectivity index is 2.12. The van der Waals surface area contributed by atoms with Crippen LogP contribution >= 0.6 is 0 Å². The maximum Gasteiger partial charge on any atom is 0.0558 e. The van der Waals surface area contributed by atoms with Crippen molar-refractivity contribution >= 4 is 0 Å². The molecule has 0 bridgehead atoms. The van der Waals surface area contributed by atoms with Gasteiger partial charge in [-0.25, -0.2) is 0 Å². The smallest absolute Gasteiger partial charge is 0.0558 e. The van der Waals surface area contributed by atoms with Crippen LogP contribution in [0.1, 0.15) is 6.42 Å². The summed E-state index contributed by atoms with van der Waals surface area (Å²) >= 11 is 0. The zero-order chi connectivity index (χ0) is 8.10. The summed E-state index contributed by atoms with van der Waals surface area (Å²) in [5.74, 6) is 0.687. The van der Waals surface area contributed by atoms with E-state index in [0.29, 0.717) is 5.92 Å². The van der Waals surface area contributed by atoms with Crippen LogP contribution in [0, 0.1) is 5.92 Å². The molecule has 11 heavy (non-hydrogen) atoms. The van der Waals surface area contributed by atoms with Crippen LogP contribution in [0.15, 0.2) is 0 Å². The Hall–Kier alpha value is -0.120. The molecule has 0 aliphatic carbocycles. The van der Waals surface area contributed by atoms with Crippen LogP contribution in [0.5, 0.6) is 0 Å². The van der Waals surface area contributed by atoms with Crippen LogP contribution in [0.3, 0.4) is 0 Å². The zero-order valence-corrected chi connectivity index (χ0v) is 7.12. The second-order valence-corrected chi connectivity index (χ2v) is 3.13. The summed E-state index contributed by atoms with van der Waals surface area (Å²) in [5.41, 5.74) is 0. The molecule has 1 atom stereocenters. The first-order chi connectivity index (χ1) is 5.36. The normalized spacial score (nSPS) is 26.2. The number of aliphatic hydroxyl groups is 1. The van der Waals surface area contributed by atoms with Gasteiger partial charge in [-0.15, -0.1) is 0 Å². The van der Waals surface area contributed by atoms with E-state index in [2.05, 4.69) is 4.90 Å². The Morgan fingerprint density at radius 1 is 1.64 bits per heavy atom. The summed E-state index contributed by atoms with van der Waals surface area (Å²) in [4.78, 5) is 2.28. The molecule has 1 fully saturated rings. The number of likely N-dealkylation sites (tertiary alicyclic amines) is 1. The van der Waals surface area contributed by atoms with Crippen LogP contribution in [0.2, 0.25) is 0 Å². The van der Waals surface area contributed by atoms with Gasteiger partial charge >= 0.3 is 0 Å². The molecule has 0 aromatic carbocycles. The maximum absolute atomic E-state index is 8.67. The van der Waals surface area contributed by atoms with E-state index in [9.17, 15) is 0 Å². The molecule has 0 saturated carbocycles. The highest BCUT2D eigenvalue weighted by atomic mass is 16.5. The molecule has 0 amide bonds. The predicted molar refractivity (Wildman–Crippen MR) is 43.5 cm³/mol. The van der Waals surface area contributed by atoms with E-state index in [1.54, 1.807) is 7.11 Å². The van der Waals surface area contributed by atoms with Gasteiger partial charge < -0.3 is 14.7 Å². The minimum absolute atomic E-state index is 0.277. The summed E-state index contributed by atoms with van der Waals surface area (Å²) in [5, 5.41) is 8.67. The highest BCUT2D eigenvalue weighted by molar-refractivity contribution is 4.74. The number of hydrogen-bond donors (Lipinski definition) is 1. The van der Waals surface area contributed by atoms with E-state index < -0.39 is 0 Å². The number of aliphatic hydroxyl groups excluding tert-OH is 1. The first kappa shape index (κ1) is 8.97. The minimum Gasteiger partial charge on any atom is -0.395 e. The summed E-state index contributed by atoms with van der Waals surface area (Å²) in [7, 11) is 1.74. The van der Waals surface area contributed by atoms with Gasteiger partial charge in [-0.05, 0) is 18.9 Å². The summed E-state index contributed by atoms with van der Waals surface area (Å²) in [6.45, 7) is 4.17. The third-order valence-electron chi connectivity index (χ3n) is 2.19. The third-order valence-corrected chi connectivity index (χ3v) is 2.19. The van der Waals surface area contributed by atoms with E-state index in [0.717, 1.165) is 26.2 Å². The number of nitrogens with zero attached hydrogens (tertiary/aromatic N) is 1. The van der Waals surface area contributed by atoms with Crippen molar-refractivity contribution in [1.29, 1.82) is 0 Å². The van der Waals surface area contributed by atoms with Gasteiger partial charge in [-0.2, -0.15) is 0 Å². The highest BCUT2D eigenvalue weighted by Gasteiger charge is 2.21. The van der Waals surface area contributed by atoms with Crippen molar-refractivity contribution in [3.05, 3.63) is 0 Å². The van der Waals surface area contributed by atoms with Crippen LogP contribution in [0.4, 0.5) is 0 Å². The molecule has 3 nitrogen and oxygen atoms in total. The Morgan fingerprint density at radius 2 is 2.45 bits per heavy atom. The SMILES string of the molecule is COCC1CCN(CCO)C1. The quantitative estimate of drug-likeness (QED) is 0.624. The van der Waals surface area contributed by atoms with Crippen LogP contribution in [0.25, 0.3) is 0 Å². The van der Waals surface area contributed by atoms with Crippen molar-refractivity contribution < 1.29 is 9.84 Å². The molecule has 1 heterocycles. The van der Waals surface area contributed by atoms with Crippen molar-refractivity contribution in [1.82, 2.24) is 4.90 Å². The average Bonchev–Trinajstić information content (AvgIpc) is 2.38. The Bertz CT molecular complexity index is 96.3. The lowest BCUT2D eigenvalue weighted by Gasteiger charge is -2.13. The number of rotatable bonds is 4. The number of hydrogen-bond acceptors (Lipinski definition) is 3. The molecule has 1 aliphatic rings. The van der Waals surface area contributed by atoms with Gasteiger partial charge in [0.2, 0.25) is 0 Å². The number of ether oxygens (including phenoxy) is 1. The largest absolute Gasteiger partial charge is 0.395 e. The molecule has 0 spiro atoms. The van der Waals surface area contributed by atoms with Crippen LogP contribution < -0.4 is 0 Å². The molecule has 0 aromatic heterocycles. The van der Waals surface area contributed by atoms with Gasteiger partial charge in [0.05, 0.1) is 13.2 Å². The van der Waals surface area contributed by atoms with Crippen molar-refractivity contribution in [3.8, 4) is 0 Å². The van der Waals surface area contributed by atoms with E-state index in [1.165, 1.54) is 6.42 Å². The van der Waals surface area contributed by atoms with Crippen molar-refractivity contribution in [2.24, 2.45) is 5.92 Å². The fourth-order valence-corrected chi connectivity index (χ4v) is 1.63. The van der Waals surface area contributed by atoms with E-state index in [1.807, 2.05) is 0 Å². The molecule has 0 radical (unpaired) electrons. The lowest BCUT2D eigenvalue weighted by molar-refractivity contribution is 0.149. The molecule has 1 aliphatic heterocycles. The molecule has 3 heteroatoms. The Labute approximate surface area is 68.0 Å². The average molecular weight is 159 g/mol. The number of methoxy groups -OCH3 is 1. The Kier molecular flexibility index (Phi) is 3.83. The third kappa shape index (κ3) is 2.77.